The Morgan fingerprint density at radius 3 is 1.95 bits per heavy atom. The summed E-state index contributed by atoms with van der Waals surface area (Å²) in [6.45, 7) is 20.7. The zero-order valence-electron chi connectivity index (χ0n) is 36.2. The molecule has 8 aromatic rings. The third-order valence-corrected chi connectivity index (χ3v) is 13.6. The molecule has 0 spiro atoms. The first-order valence-electron chi connectivity index (χ1n) is 21.5. The lowest BCUT2D eigenvalue weighted by molar-refractivity contribution is 0.590. The first-order valence-corrected chi connectivity index (χ1v) is 21.5. The second-order valence-corrected chi connectivity index (χ2v) is 19.9. The van der Waals surface area contributed by atoms with Crippen LogP contribution >= 0.6 is 0 Å². The van der Waals surface area contributed by atoms with E-state index in [-0.39, 0.29) is 23.1 Å². The highest BCUT2D eigenvalue weighted by Gasteiger charge is 2.49. The number of furan rings is 1. The Labute approximate surface area is 355 Å². The van der Waals surface area contributed by atoms with Crippen LogP contribution in [0.3, 0.4) is 0 Å². The summed E-state index contributed by atoms with van der Waals surface area (Å²) in [5, 5.41) is 1.14. The topological polar surface area (TPSA) is 19.6 Å². The quantitative estimate of drug-likeness (QED) is 0.167. The first kappa shape index (κ1) is 36.8. The van der Waals surface area contributed by atoms with Crippen LogP contribution in [0.25, 0.3) is 44.3 Å². The van der Waals surface area contributed by atoms with E-state index < -0.39 is 0 Å². The molecule has 60 heavy (non-hydrogen) atoms. The fraction of sp³-hybridized carbons (Fsp3) is 0.214. The third kappa shape index (κ3) is 5.29. The SMILES string of the molecule is Cc1cc2c3c(c1)N(c1ccc(C(C)(C)C)cc1-c1ccccc1)c1oc4ccccc4c1B3N(c1ccc(C(C)(C)C)cc1)c1cc3c(cc1-2)-c1ccccc1C3(C)C. The van der Waals surface area contributed by atoms with Crippen LogP contribution in [-0.2, 0) is 16.2 Å². The van der Waals surface area contributed by atoms with Crippen molar-refractivity contribution in [2.45, 2.75) is 78.6 Å². The van der Waals surface area contributed by atoms with E-state index >= 15 is 0 Å². The van der Waals surface area contributed by atoms with Crippen molar-refractivity contribution in [3.8, 4) is 33.4 Å². The summed E-state index contributed by atoms with van der Waals surface area (Å²) in [7, 11) is 0. The van der Waals surface area contributed by atoms with Gasteiger partial charge >= 0.3 is 6.85 Å². The summed E-state index contributed by atoms with van der Waals surface area (Å²) in [5.41, 5.74) is 22.1. The van der Waals surface area contributed by atoms with Gasteiger partial charge in [0.05, 0.1) is 5.69 Å². The second kappa shape index (κ2) is 12.6. The molecule has 1 aliphatic carbocycles. The molecule has 11 rings (SSSR count). The molecule has 7 aromatic carbocycles. The first-order chi connectivity index (χ1) is 28.7. The molecule has 3 heterocycles. The van der Waals surface area contributed by atoms with Crippen LogP contribution in [0.1, 0.15) is 83.2 Å². The Morgan fingerprint density at radius 1 is 0.517 bits per heavy atom. The normalized spacial score (nSPS) is 14.8. The lowest BCUT2D eigenvalue weighted by Crippen LogP contribution is -2.61. The van der Waals surface area contributed by atoms with Crippen LogP contribution in [0, 0.1) is 6.92 Å². The van der Waals surface area contributed by atoms with Crippen molar-refractivity contribution in [3.05, 3.63) is 173 Å². The van der Waals surface area contributed by atoms with E-state index in [2.05, 4.69) is 218 Å². The molecule has 1 aromatic heterocycles. The Morgan fingerprint density at radius 2 is 1.20 bits per heavy atom. The van der Waals surface area contributed by atoms with E-state index in [0.717, 1.165) is 28.2 Å². The van der Waals surface area contributed by atoms with Gasteiger partial charge in [-0.25, -0.2) is 0 Å². The van der Waals surface area contributed by atoms with Crippen LogP contribution in [0.4, 0.5) is 28.6 Å². The minimum atomic E-state index is -0.155. The molecular weight excluding hydrogens is 727 g/mol. The van der Waals surface area contributed by atoms with Gasteiger partial charge in [0.25, 0.3) is 0 Å². The highest BCUT2D eigenvalue weighted by atomic mass is 16.4. The number of rotatable bonds is 3. The summed E-state index contributed by atoms with van der Waals surface area (Å²) < 4.78 is 7.22. The molecule has 3 nitrogen and oxygen atoms in total. The van der Waals surface area contributed by atoms with Crippen molar-refractivity contribution in [1.29, 1.82) is 0 Å². The van der Waals surface area contributed by atoms with Crippen molar-refractivity contribution in [2.75, 3.05) is 9.71 Å². The average molecular weight is 779 g/mol. The molecule has 0 saturated carbocycles. The van der Waals surface area contributed by atoms with E-state index in [1.54, 1.807) is 0 Å². The molecule has 3 aliphatic rings. The monoisotopic (exact) mass is 778 g/mol. The average Bonchev–Trinajstić information content (AvgIpc) is 3.72. The zero-order valence-corrected chi connectivity index (χ0v) is 36.2. The predicted octanol–water partition coefficient (Wildman–Crippen LogP) is 14.0. The molecule has 0 N–H and O–H groups in total. The van der Waals surface area contributed by atoms with Gasteiger partial charge in [0.15, 0.2) is 0 Å². The minimum absolute atomic E-state index is 0.0255. The van der Waals surface area contributed by atoms with Gasteiger partial charge in [-0.2, -0.15) is 0 Å². The summed E-state index contributed by atoms with van der Waals surface area (Å²) in [5.74, 6) is 0.875. The maximum absolute atomic E-state index is 7.22. The van der Waals surface area contributed by atoms with Crippen LogP contribution in [-0.4, -0.2) is 6.85 Å². The van der Waals surface area contributed by atoms with Crippen molar-refractivity contribution >= 4 is 57.4 Å². The molecule has 294 valence electrons. The molecule has 0 bridgehead atoms. The highest BCUT2D eigenvalue weighted by molar-refractivity contribution is 6.95. The Bertz CT molecular complexity index is 3050. The number of aryl methyl sites for hydroxylation is 1. The second-order valence-electron chi connectivity index (χ2n) is 19.9. The molecular formula is C56H51BN2O. The third-order valence-electron chi connectivity index (χ3n) is 13.6. The standard InChI is InChI=1S/C56H51BN2O/c1-34-29-44-43-32-42-39-19-13-15-21-45(39)56(8,9)46(42)33-48(43)59(38-26-23-36(24-27-38)54(2,3)4)57-51(44)49(30-34)58(53-52(57)40-20-14-16-22-50(40)60-53)47-28-25-37(55(5,6)7)31-41(47)35-17-11-10-12-18-35/h10-33H,1-9H3. The zero-order chi connectivity index (χ0) is 41.5. The number of hydrogen-bond acceptors (Lipinski definition) is 3. The number of hydrogen-bond donors (Lipinski definition) is 0. The predicted molar refractivity (Wildman–Crippen MR) is 255 cm³/mol. The molecule has 2 aliphatic heterocycles. The van der Waals surface area contributed by atoms with Crippen molar-refractivity contribution < 1.29 is 4.42 Å². The Kier molecular flexibility index (Phi) is 7.75. The summed E-state index contributed by atoms with van der Waals surface area (Å²) in [4.78, 5) is 5.09. The van der Waals surface area contributed by atoms with E-state index in [0.29, 0.717) is 0 Å². The van der Waals surface area contributed by atoms with Crippen molar-refractivity contribution in [1.82, 2.24) is 0 Å². The molecule has 0 radical (unpaired) electrons. The van der Waals surface area contributed by atoms with Crippen LogP contribution in [0.15, 0.2) is 150 Å². The molecule has 4 heteroatoms. The fourth-order valence-electron chi connectivity index (χ4n) is 10.5. The summed E-state index contributed by atoms with van der Waals surface area (Å²) in [6, 6.07) is 54.8. The van der Waals surface area contributed by atoms with E-state index in [9.17, 15) is 0 Å². The molecule has 0 atom stereocenters. The van der Waals surface area contributed by atoms with Gasteiger partial charge < -0.3 is 9.23 Å². The lowest BCUT2D eigenvalue weighted by Gasteiger charge is -2.45. The van der Waals surface area contributed by atoms with E-state index in [1.165, 1.54) is 83.5 Å². The van der Waals surface area contributed by atoms with E-state index in [1.807, 2.05) is 0 Å². The lowest BCUT2D eigenvalue weighted by atomic mass is 9.43. The minimum Gasteiger partial charge on any atom is -0.440 e. The number of anilines is 5. The van der Waals surface area contributed by atoms with Crippen LogP contribution in [0.2, 0.25) is 0 Å². The maximum Gasteiger partial charge on any atom is 0.337 e. The number of fused-ring (bicyclic) bond motifs is 9. The fourth-order valence-corrected chi connectivity index (χ4v) is 10.5. The van der Waals surface area contributed by atoms with E-state index in [4.69, 9.17) is 4.42 Å². The summed E-state index contributed by atoms with van der Waals surface area (Å²) >= 11 is 0. The Balaban J connectivity index is 1.27. The Hall–Kier alpha value is -6.26. The van der Waals surface area contributed by atoms with Gasteiger partial charge in [-0.15, -0.1) is 0 Å². The number of para-hydroxylation sites is 1. The number of nitrogens with zero attached hydrogens (tertiary/aromatic N) is 2. The maximum atomic E-state index is 7.22. The van der Waals surface area contributed by atoms with Crippen molar-refractivity contribution in [2.24, 2.45) is 0 Å². The smallest absolute Gasteiger partial charge is 0.337 e. The van der Waals surface area contributed by atoms with Crippen LogP contribution in [0.5, 0.6) is 0 Å². The van der Waals surface area contributed by atoms with Gasteiger partial charge in [-0.1, -0.05) is 152 Å². The molecule has 0 saturated heterocycles. The molecule has 0 fully saturated rings. The van der Waals surface area contributed by atoms with Gasteiger partial charge in [-0.05, 0) is 122 Å². The van der Waals surface area contributed by atoms with Gasteiger partial charge in [0.1, 0.15) is 5.58 Å². The number of benzene rings is 7. The van der Waals surface area contributed by atoms with Gasteiger partial charge in [0.2, 0.25) is 5.88 Å². The summed E-state index contributed by atoms with van der Waals surface area (Å²) in [6.07, 6.45) is 0. The molecule has 0 unspecified atom stereocenters. The van der Waals surface area contributed by atoms with Crippen LogP contribution < -0.4 is 20.6 Å². The van der Waals surface area contributed by atoms with Gasteiger partial charge in [0, 0.05) is 44.5 Å². The highest BCUT2D eigenvalue weighted by Crippen LogP contribution is 2.55. The molecule has 0 amide bonds. The van der Waals surface area contributed by atoms with Gasteiger partial charge in [-0.3, -0.25) is 4.90 Å². The van der Waals surface area contributed by atoms with Crippen molar-refractivity contribution in [3.63, 3.8) is 0 Å². The largest absolute Gasteiger partial charge is 0.440 e.